The van der Waals surface area contributed by atoms with E-state index in [1.54, 1.807) is 0 Å². The Hall–Kier alpha value is -3.35. The summed E-state index contributed by atoms with van der Waals surface area (Å²) in [6.07, 6.45) is 0. The van der Waals surface area contributed by atoms with Gasteiger partial charge in [-0.15, -0.1) is 0 Å². The van der Waals surface area contributed by atoms with Crippen LogP contribution in [0.2, 0.25) is 5.02 Å². The highest BCUT2D eigenvalue weighted by Gasteiger charge is 2.51. The Morgan fingerprint density at radius 3 is 1.70 bits per heavy atom. The second kappa shape index (κ2) is 5.62. The maximum absolute atomic E-state index is 6.46. The molecule has 0 N–H and O–H groups in total. The lowest BCUT2D eigenvalue weighted by atomic mass is 9.70. The quantitative estimate of drug-likeness (QED) is 0.243. The zero-order valence-electron chi connectivity index (χ0n) is 16.2. The fourth-order valence-electron chi connectivity index (χ4n) is 5.88. The van der Waals surface area contributed by atoms with E-state index in [1.165, 1.54) is 55.3 Å². The number of hydrogen-bond acceptors (Lipinski definition) is 0. The first-order valence-electron chi connectivity index (χ1n) is 10.3. The molecule has 5 aromatic rings. The Bertz CT molecular complexity index is 1460. The summed E-state index contributed by atoms with van der Waals surface area (Å²) in [5, 5.41) is 3.23. The third-order valence-electron chi connectivity index (χ3n) is 6.94. The first-order valence-corrected chi connectivity index (χ1v) is 10.7. The molecule has 5 aromatic carbocycles. The third-order valence-corrected chi connectivity index (χ3v) is 7.18. The van der Waals surface area contributed by atoms with Gasteiger partial charge in [-0.25, -0.2) is 0 Å². The van der Waals surface area contributed by atoms with Crippen LogP contribution >= 0.6 is 11.6 Å². The van der Waals surface area contributed by atoms with Gasteiger partial charge in [-0.05, 0) is 67.4 Å². The molecule has 0 aliphatic heterocycles. The lowest BCUT2D eigenvalue weighted by molar-refractivity contribution is 0.794. The van der Waals surface area contributed by atoms with Gasteiger partial charge in [-0.2, -0.15) is 0 Å². The highest BCUT2D eigenvalue weighted by atomic mass is 35.5. The largest absolute Gasteiger partial charge is 0.0843 e. The van der Waals surface area contributed by atoms with Crippen molar-refractivity contribution in [3.8, 4) is 22.3 Å². The third kappa shape index (κ3) is 1.79. The van der Waals surface area contributed by atoms with Gasteiger partial charge in [0.1, 0.15) is 0 Å². The van der Waals surface area contributed by atoms with Gasteiger partial charge < -0.3 is 0 Å². The van der Waals surface area contributed by atoms with E-state index in [0.29, 0.717) is 0 Å². The molecular weight excluding hydrogens is 384 g/mol. The van der Waals surface area contributed by atoms with Crippen LogP contribution in [-0.4, -0.2) is 0 Å². The SMILES string of the molecule is Clc1ccc2ccc3c(c2c1)-c1ccccc1C31c2ccccc2-c2ccccc21. The number of fused-ring (bicyclic) bond motifs is 12. The van der Waals surface area contributed by atoms with Crippen LogP contribution < -0.4 is 0 Å². The van der Waals surface area contributed by atoms with E-state index in [2.05, 4.69) is 97.1 Å². The van der Waals surface area contributed by atoms with Crippen molar-refractivity contribution >= 4 is 22.4 Å². The van der Waals surface area contributed by atoms with Crippen molar-refractivity contribution in [1.82, 2.24) is 0 Å². The summed E-state index contributed by atoms with van der Waals surface area (Å²) in [7, 11) is 0. The van der Waals surface area contributed by atoms with E-state index < -0.39 is 0 Å². The van der Waals surface area contributed by atoms with Crippen molar-refractivity contribution in [2.24, 2.45) is 0 Å². The van der Waals surface area contributed by atoms with Crippen LogP contribution in [0.4, 0.5) is 0 Å². The van der Waals surface area contributed by atoms with Crippen LogP contribution in [0.1, 0.15) is 22.3 Å². The predicted molar refractivity (Wildman–Crippen MR) is 125 cm³/mol. The fourth-order valence-corrected chi connectivity index (χ4v) is 6.06. The maximum atomic E-state index is 6.46. The Labute approximate surface area is 180 Å². The molecule has 0 saturated heterocycles. The first kappa shape index (κ1) is 16.4. The van der Waals surface area contributed by atoms with Gasteiger partial charge in [0.05, 0.1) is 5.41 Å². The molecule has 0 bridgehead atoms. The molecule has 0 amide bonds. The van der Waals surface area contributed by atoms with Crippen molar-refractivity contribution in [2.45, 2.75) is 5.41 Å². The Balaban J connectivity index is 1.75. The molecule has 7 rings (SSSR count). The topological polar surface area (TPSA) is 0 Å². The van der Waals surface area contributed by atoms with E-state index in [1.807, 2.05) is 6.07 Å². The molecule has 2 aliphatic carbocycles. The highest BCUT2D eigenvalue weighted by Crippen LogP contribution is 2.63. The molecule has 1 spiro atoms. The average Bonchev–Trinajstić information content (AvgIpc) is 3.27. The predicted octanol–water partition coefficient (Wildman–Crippen LogP) is 7.84. The molecule has 140 valence electrons. The zero-order chi connectivity index (χ0) is 19.9. The molecule has 1 heteroatoms. The molecule has 0 fully saturated rings. The molecule has 0 radical (unpaired) electrons. The van der Waals surface area contributed by atoms with E-state index >= 15 is 0 Å². The minimum absolute atomic E-state index is 0.282. The summed E-state index contributed by atoms with van der Waals surface area (Å²) < 4.78 is 0. The molecule has 0 heterocycles. The van der Waals surface area contributed by atoms with Gasteiger partial charge in [0.15, 0.2) is 0 Å². The highest BCUT2D eigenvalue weighted by molar-refractivity contribution is 6.31. The minimum Gasteiger partial charge on any atom is -0.0843 e. The molecule has 0 nitrogen and oxygen atoms in total. The fraction of sp³-hybridized carbons (Fsp3) is 0.0345. The standard InChI is InChI=1S/C29H17Cl/c30-19-15-13-18-14-16-27-28(23(18)17-19)22-9-3-6-12-26(22)29(27)24-10-4-1-7-20(24)21-8-2-5-11-25(21)29/h1-17H. The molecule has 0 saturated carbocycles. The summed E-state index contributed by atoms with van der Waals surface area (Å²) in [6.45, 7) is 0. The average molecular weight is 401 g/mol. The number of rotatable bonds is 0. The normalized spacial score (nSPS) is 14.4. The van der Waals surface area contributed by atoms with Crippen molar-refractivity contribution < 1.29 is 0 Å². The van der Waals surface area contributed by atoms with Crippen LogP contribution in [0, 0.1) is 0 Å². The van der Waals surface area contributed by atoms with E-state index in [4.69, 9.17) is 11.6 Å². The number of hydrogen-bond donors (Lipinski definition) is 0. The molecule has 0 unspecified atom stereocenters. The van der Waals surface area contributed by atoms with Crippen LogP contribution in [0.25, 0.3) is 33.0 Å². The summed E-state index contributed by atoms with van der Waals surface area (Å²) in [5.74, 6) is 0. The second-order valence-electron chi connectivity index (χ2n) is 8.24. The second-order valence-corrected chi connectivity index (χ2v) is 8.68. The summed E-state index contributed by atoms with van der Waals surface area (Å²) in [6, 6.07) is 37.5. The molecule has 0 aromatic heterocycles. The summed E-state index contributed by atoms with van der Waals surface area (Å²) in [5.41, 5.74) is 10.5. The van der Waals surface area contributed by atoms with Gasteiger partial charge in [-0.3, -0.25) is 0 Å². The minimum atomic E-state index is -0.282. The maximum Gasteiger partial charge on any atom is 0.0725 e. The van der Waals surface area contributed by atoms with E-state index in [-0.39, 0.29) is 5.41 Å². The van der Waals surface area contributed by atoms with Gasteiger partial charge in [-0.1, -0.05) is 103 Å². The molecule has 30 heavy (non-hydrogen) atoms. The smallest absolute Gasteiger partial charge is 0.0725 e. The molecule has 0 atom stereocenters. The summed E-state index contributed by atoms with van der Waals surface area (Å²) in [4.78, 5) is 0. The number of benzene rings is 5. The van der Waals surface area contributed by atoms with Gasteiger partial charge in [0.25, 0.3) is 0 Å². The lowest BCUT2D eigenvalue weighted by Crippen LogP contribution is -2.25. The van der Waals surface area contributed by atoms with Crippen LogP contribution in [0.5, 0.6) is 0 Å². The zero-order valence-corrected chi connectivity index (χ0v) is 16.9. The van der Waals surface area contributed by atoms with Crippen LogP contribution in [0.3, 0.4) is 0 Å². The lowest BCUT2D eigenvalue weighted by Gasteiger charge is -2.30. The van der Waals surface area contributed by atoms with Gasteiger partial charge >= 0.3 is 0 Å². The molecule has 2 aliphatic rings. The Morgan fingerprint density at radius 1 is 0.500 bits per heavy atom. The van der Waals surface area contributed by atoms with Gasteiger partial charge in [0, 0.05) is 5.02 Å². The van der Waals surface area contributed by atoms with Crippen molar-refractivity contribution in [2.75, 3.05) is 0 Å². The van der Waals surface area contributed by atoms with Crippen molar-refractivity contribution in [3.63, 3.8) is 0 Å². The Kier molecular flexibility index (Phi) is 3.08. The van der Waals surface area contributed by atoms with Gasteiger partial charge in [0.2, 0.25) is 0 Å². The van der Waals surface area contributed by atoms with Crippen molar-refractivity contribution in [3.05, 3.63) is 130 Å². The number of halogens is 1. The summed E-state index contributed by atoms with van der Waals surface area (Å²) >= 11 is 6.46. The van der Waals surface area contributed by atoms with E-state index in [0.717, 1.165) is 5.02 Å². The van der Waals surface area contributed by atoms with Crippen LogP contribution in [0.15, 0.2) is 103 Å². The first-order chi connectivity index (χ1) is 14.8. The van der Waals surface area contributed by atoms with E-state index in [9.17, 15) is 0 Å². The molecular formula is C29H17Cl. The van der Waals surface area contributed by atoms with Crippen LogP contribution in [-0.2, 0) is 5.41 Å². The van der Waals surface area contributed by atoms with Crippen molar-refractivity contribution in [1.29, 1.82) is 0 Å². The Morgan fingerprint density at radius 2 is 1.03 bits per heavy atom. The monoisotopic (exact) mass is 400 g/mol.